The average molecular weight is 1520 g/mol. The van der Waals surface area contributed by atoms with Gasteiger partial charge in [-0.05, 0) is 25.7 Å². The van der Waals surface area contributed by atoms with E-state index in [9.17, 15) is 43.2 Å². The molecule has 0 amide bonds. The summed E-state index contributed by atoms with van der Waals surface area (Å²) in [7, 11) is -9.92. The SMILES string of the molecule is CCCCCCCCCCCCCCCCCCCCCCCCC(=O)O[C@H](COC(=O)CCCCCCCCCCCCCCCCCC)COP(=O)(O)OC[C@@H](O)COP(=O)(O)OC[C@@H](COC(=O)CCCCCCCCCCCCCCC)OC(=O)CCCCCCCCCCCCCCC. The third-order valence-electron chi connectivity index (χ3n) is 20.1. The van der Waals surface area contributed by atoms with E-state index in [2.05, 4.69) is 27.7 Å². The maximum Gasteiger partial charge on any atom is 0.472 e. The first-order chi connectivity index (χ1) is 50.7. The van der Waals surface area contributed by atoms with Crippen LogP contribution in [0.4, 0.5) is 0 Å². The van der Waals surface area contributed by atoms with Gasteiger partial charge in [-0.1, -0.05) is 413 Å². The minimum Gasteiger partial charge on any atom is -0.462 e. The van der Waals surface area contributed by atoms with Crippen molar-refractivity contribution in [3.05, 3.63) is 0 Å². The molecule has 0 aromatic heterocycles. The van der Waals surface area contributed by atoms with Crippen LogP contribution >= 0.6 is 15.6 Å². The van der Waals surface area contributed by atoms with Gasteiger partial charge in [0.25, 0.3) is 0 Å². The van der Waals surface area contributed by atoms with Gasteiger partial charge in [0.2, 0.25) is 0 Å². The first kappa shape index (κ1) is 102. The number of unbranched alkanes of at least 4 members (excludes halogenated alkanes) is 60. The fraction of sp³-hybridized carbons (Fsp3) is 0.953. The van der Waals surface area contributed by atoms with Gasteiger partial charge in [0.1, 0.15) is 19.3 Å². The zero-order valence-corrected chi connectivity index (χ0v) is 69.8. The highest BCUT2D eigenvalue weighted by Gasteiger charge is 2.30. The van der Waals surface area contributed by atoms with Crippen molar-refractivity contribution in [3.63, 3.8) is 0 Å². The van der Waals surface area contributed by atoms with Gasteiger partial charge in [0.05, 0.1) is 26.4 Å². The van der Waals surface area contributed by atoms with Crippen LogP contribution in [0.15, 0.2) is 0 Å². The summed E-state index contributed by atoms with van der Waals surface area (Å²) in [5.41, 5.74) is 0. The van der Waals surface area contributed by atoms with Crippen molar-refractivity contribution in [1.82, 2.24) is 0 Å². The largest absolute Gasteiger partial charge is 0.472 e. The maximum atomic E-state index is 13.1. The van der Waals surface area contributed by atoms with Gasteiger partial charge in [-0.3, -0.25) is 37.3 Å². The molecule has 618 valence electrons. The molecule has 0 saturated heterocycles. The van der Waals surface area contributed by atoms with Gasteiger partial charge in [-0.25, -0.2) is 9.13 Å². The Kier molecular flexibility index (Phi) is 77.7. The molecule has 5 atom stereocenters. The number of carbonyl (C=O) groups excluding carboxylic acids is 4. The highest BCUT2D eigenvalue weighted by Crippen LogP contribution is 2.45. The van der Waals surface area contributed by atoms with E-state index in [1.807, 2.05) is 0 Å². The number of carbonyl (C=O) groups is 4. The second kappa shape index (κ2) is 79.2. The van der Waals surface area contributed by atoms with Crippen molar-refractivity contribution >= 4 is 39.5 Å². The molecule has 0 aliphatic heterocycles. The number of ether oxygens (including phenoxy) is 4. The first-order valence-corrected chi connectivity index (χ1v) is 47.3. The van der Waals surface area contributed by atoms with Crippen LogP contribution in [0, 0.1) is 0 Å². The molecule has 0 aliphatic carbocycles. The van der Waals surface area contributed by atoms with Crippen LogP contribution in [0.1, 0.15) is 464 Å². The molecule has 0 aromatic carbocycles. The minimum atomic E-state index is -4.96. The average Bonchev–Trinajstić information content (AvgIpc) is 0.930. The van der Waals surface area contributed by atoms with Gasteiger partial charge in [0.15, 0.2) is 12.2 Å². The van der Waals surface area contributed by atoms with Gasteiger partial charge in [-0.15, -0.1) is 0 Å². The zero-order chi connectivity index (χ0) is 76.0. The molecule has 0 heterocycles. The van der Waals surface area contributed by atoms with Crippen molar-refractivity contribution in [2.75, 3.05) is 39.6 Å². The lowest BCUT2D eigenvalue weighted by Gasteiger charge is -2.21. The molecule has 104 heavy (non-hydrogen) atoms. The number of aliphatic hydroxyl groups is 1. The van der Waals surface area contributed by atoms with Crippen LogP contribution in [-0.4, -0.2) is 96.7 Å². The van der Waals surface area contributed by atoms with Gasteiger partial charge < -0.3 is 33.8 Å². The van der Waals surface area contributed by atoms with Crippen molar-refractivity contribution in [2.24, 2.45) is 0 Å². The second-order valence-electron chi connectivity index (χ2n) is 30.6. The van der Waals surface area contributed by atoms with Crippen LogP contribution in [0.5, 0.6) is 0 Å². The summed E-state index contributed by atoms with van der Waals surface area (Å²) in [5, 5.41) is 10.7. The molecule has 17 nitrogen and oxygen atoms in total. The molecule has 0 spiro atoms. The van der Waals surface area contributed by atoms with Crippen LogP contribution in [0.2, 0.25) is 0 Å². The van der Waals surface area contributed by atoms with E-state index < -0.39 is 97.5 Å². The van der Waals surface area contributed by atoms with Crippen molar-refractivity contribution in [1.29, 1.82) is 0 Å². The van der Waals surface area contributed by atoms with Crippen molar-refractivity contribution in [3.8, 4) is 0 Å². The van der Waals surface area contributed by atoms with Crippen LogP contribution < -0.4 is 0 Å². The summed E-state index contributed by atoms with van der Waals surface area (Å²) in [5.74, 6) is -2.10. The number of esters is 4. The topological polar surface area (TPSA) is 237 Å². The van der Waals surface area contributed by atoms with E-state index in [0.29, 0.717) is 25.7 Å². The molecular formula is C85H166O17P2. The summed E-state index contributed by atoms with van der Waals surface area (Å²) < 4.78 is 68.9. The van der Waals surface area contributed by atoms with Gasteiger partial charge in [0, 0.05) is 25.7 Å². The lowest BCUT2D eigenvalue weighted by atomic mass is 10.0. The molecule has 3 N–H and O–H groups in total. The summed E-state index contributed by atoms with van der Waals surface area (Å²) in [4.78, 5) is 73.2. The summed E-state index contributed by atoms with van der Waals surface area (Å²) in [6.45, 7) is 5.06. The first-order valence-electron chi connectivity index (χ1n) is 44.3. The Morgan fingerprint density at radius 1 is 0.231 bits per heavy atom. The molecule has 0 rings (SSSR count). The minimum absolute atomic E-state index is 0.109. The monoisotopic (exact) mass is 1520 g/mol. The Balaban J connectivity index is 5.22. The third-order valence-corrected chi connectivity index (χ3v) is 22.0. The van der Waals surface area contributed by atoms with Crippen LogP contribution in [0.3, 0.4) is 0 Å². The van der Waals surface area contributed by atoms with E-state index >= 15 is 0 Å². The van der Waals surface area contributed by atoms with Crippen LogP contribution in [0.25, 0.3) is 0 Å². The smallest absolute Gasteiger partial charge is 0.462 e. The van der Waals surface area contributed by atoms with Crippen LogP contribution in [-0.2, 0) is 65.4 Å². The molecule has 0 aromatic rings. The quantitative estimate of drug-likeness (QED) is 0.0222. The lowest BCUT2D eigenvalue weighted by molar-refractivity contribution is -0.161. The Labute approximate surface area is 638 Å². The fourth-order valence-electron chi connectivity index (χ4n) is 13.3. The number of phosphoric ester groups is 2. The molecule has 0 fully saturated rings. The zero-order valence-electron chi connectivity index (χ0n) is 68.0. The maximum absolute atomic E-state index is 13.1. The van der Waals surface area contributed by atoms with Crippen molar-refractivity contribution in [2.45, 2.75) is 483 Å². The normalized spacial score (nSPS) is 13.7. The number of hydrogen-bond acceptors (Lipinski definition) is 15. The predicted molar refractivity (Wildman–Crippen MR) is 428 cm³/mol. The highest BCUT2D eigenvalue weighted by molar-refractivity contribution is 7.47. The van der Waals surface area contributed by atoms with E-state index in [0.717, 1.165) is 89.9 Å². The second-order valence-corrected chi connectivity index (χ2v) is 33.5. The summed E-state index contributed by atoms with van der Waals surface area (Å²) in [6.07, 6.45) is 73.5. The number of aliphatic hydroxyl groups excluding tert-OH is 1. The number of phosphoric acid groups is 2. The standard InChI is InChI=1S/C85H166O17P2/c1-5-9-13-17-21-25-29-33-35-37-38-39-40-41-42-44-48-52-56-60-64-68-72-85(90)102-81(76-96-83(88)70-66-62-58-54-50-47-43-36-34-30-26-22-18-14-10-6-2)78-100-104(93,94)98-74-79(86)73-97-103(91,92)99-77-80(101-84(89)71-67-63-59-55-51-46-32-28-24-20-16-12-8-4)75-95-82(87)69-65-61-57-53-49-45-31-27-23-19-15-11-7-3/h79-81,86H,5-78H2,1-4H3,(H,91,92)(H,93,94)/t79-,80+,81+/m0/s1. The number of hydrogen-bond donors (Lipinski definition) is 3. The predicted octanol–water partition coefficient (Wildman–Crippen LogP) is 26.1. The molecule has 0 bridgehead atoms. The third kappa shape index (κ3) is 78.2. The van der Waals surface area contributed by atoms with E-state index in [-0.39, 0.29) is 25.7 Å². The van der Waals surface area contributed by atoms with E-state index in [4.69, 9.17) is 37.0 Å². The molecule has 0 radical (unpaired) electrons. The number of rotatable bonds is 86. The Morgan fingerprint density at radius 2 is 0.385 bits per heavy atom. The molecule has 0 saturated carbocycles. The lowest BCUT2D eigenvalue weighted by Crippen LogP contribution is -2.30. The molecule has 19 heteroatoms. The highest BCUT2D eigenvalue weighted by atomic mass is 31.2. The van der Waals surface area contributed by atoms with Gasteiger partial charge >= 0.3 is 39.5 Å². The Morgan fingerprint density at radius 3 is 0.567 bits per heavy atom. The molecule has 2 unspecified atom stereocenters. The Hall–Kier alpha value is -1.94. The van der Waals surface area contributed by atoms with E-state index in [1.165, 1.54) is 295 Å². The Bertz CT molecular complexity index is 1960. The van der Waals surface area contributed by atoms with Gasteiger partial charge in [-0.2, -0.15) is 0 Å². The fourth-order valence-corrected chi connectivity index (χ4v) is 14.9. The van der Waals surface area contributed by atoms with Crippen molar-refractivity contribution < 1.29 is 80.2 Å². The molecular weight excluding hydrogens is 1350 g/mol. The molecule has 0 aliphatic rings. The summed E-state index contributed by atoms with van der Waals surface area (Å²) in [6, 6.07) is 0. The summed E-state index contributed by atoms with van der Waals surface area (Å²) >= 11 is 0. The van der Waals surface area contributed by atoms with E-state index in [1.54, 1.807) is 0 Å².